The normalized spacial score (nSPS) is 13.0. The van der Waals surface area contributed by atoms with Crippen molar-refractivity contribution in [2.75, 3.05) is 20.8 Å². The third kappa shape index (κ3) is 7.39. The van der Waals surface area contributed by atoms with Crippen LogP contribution in [0.4, 0.5) is 0 Å². The largest absolute Gasteiger partial charge is 0.493 e. The zero-order valence-corrected chi connectivity index (χ0v) is 20.1. The topological polar surface area (TPSA) is 47.6 Å². The SMILES string of the molecule is CCC(CCCNCc1cccc(C)c1)CC(C)C(=O)c1cc(OC)c(OC)cc1C. The van der Waals surface area contributed by atoms with Gasteiger partial charge in [-0.25, -0.2) is 0 Å². The second-order valence-corrected chi connectivity index (χ2v) is 8.61. The van der Waals surface area contributed by atoms with Gasteiger partial charge in [-0.3, -0.25) is 4.79 Å². The Balaban J connectivity index is 1.85. The second kappa shape index (κ2) is 12.5. The minimum absolute atomic E-state index is 0.0120. The van der Waals surface area contributed by atoms with E-state index < -0.39 is 0 Å². The van der Waals surface area contributed by atoms with E-state index in [9.17, 15) is 4.79 Å². The lowest BCUT2D eigenvalue weighted by atomic mass is 9.85. The average Bonchev–Trinajstić information content (AvgIpc) is 2.77. The molecule has 0 amide bonds. The number of hydrogen-bond acceptors (Lipinski definition) is 4. The number of Topliss-reactive ketones (excluding diaryl/α,β-unsaturated/α-hetero) is 1. The van der Waals surface area contributed by atoms with Gasteiger partial charge < -0.3 is 14.8 Å². The summed E-state index contributed by atoms with van der Waals surface area (Å²) in [6, 6.07) is 12.3. The molecule has 2 unspecified atom stereocenters. The number of ether oxygens (including phenoxy) is 2. The summed E-state index contributed by atoms with van der Waals surface area (Å²) >= 11 is 0. The molecule has 0 fully saturated rings. The van der Waals surface area contributed by atoms with Gasteiger partial charge in [-0.2, -0.15) is 0 Å². The highest BCUT2D eigenvalue weighted by Crippen LogP contribution is 2.32. The van der Waals surface area contributed by atoms with Crippen LogP contribution in [0.3, 0.4) is 0 Å². The Labute approximate surface area is 188 Å². The monoisotopic (exact) mass is 425 g/mol. The second-order valence-electron chi connectivity index (χ2n) is 8.61. The molecule has 0 radical (unpaired) electrons. The Bertz CT molecular complexity index is 846. The van der Waals surface area contributed by atoms with Gasteiger partial charge in [-0.15, -0.1) is 0 Å². The lowest BCUT2D eigenvalue weighted by molar-refractivity contribution is 0.0908. The third-order valence-corrected chi connectivity index (χ3v) is 6.09. The van der Waals surface area contributed by atoms with Crippen molar-refractivity contribution < 1.29 is 14.3 Å². The Hall–Kier alpha value is -2.33. The van der Waals surface area contributed by atoms with Gasteiger partial charge in [0, 0.05) is 18.0 Å². The van der Waals surface area contributed by atoms with Gasteiger partial charge in [0.05, 0.1) is 14.2 Å². The van der Waals surface area contributed by atoms with Crippen molar-refractivity contribution in [3.8, 4) is 11.5 Å². The molecule has 2 atom stereocenters. The van der Waals surface area contributed by atoms with E-state index in [1.54, 1.807) is 14.2 Å². The molecule has 0 saturated heterocycles. The number of rotatable bonds is 13. The summed E-state index contributed by atoms with van der Waals surface area (Å²) < 4.78 is 10.7. The molecule has 0 aromatic heterocycles. The van der Waals surface area contributed by atoms with E-state index in [2.05, 4.69) is 50.4 Å². The molecule has 4 nitrogen and oxygen atoms in total. The Morgan fingerprint density at radius 2 is 1.77 bits per heavy atom. The molecule has 0 bridgehead atoms. The first kappa shape index (κ1) is 24.9. The number of nitrogens with one attached hydrogen (secondary N) is 1. The maximum atomic E-state index is 13.1. The third-order valence-electron chi connectivity index (χ3n) is 6.09. The van der Waals surface area contributed by atoms with E-state index in [0.29, 0.717) is 17.4 Å². The van der Waals surface area contributed by atoms with E-state index in [4.69, 9.17) is 9.47 Å². The van der Waals surface area contributed by atoms with E-state index in [1.165, 1.54) is 11.1 Å². The molecule has 31 heavy (non-hydrogen) atoms. The number of methoxy groups -OCH3 is 2. The summed E-state index contributed by atoms with van der Waals surface area (Å²) in [4.78, 5) is 13.1. The number of carbonyl (C=O) groups is 1. The molecule has 2 rings (SSSR count). The summed E-state index contributed by atoms with van der Waals surface area (Å²) in [6.07, 6.45) is 4.28. The van der Waals surface area contributed by atoms with E-state index in [1.807, 2.05) is 19.1 Å². The molecule has 0 spiro atoms. The van der Waals surface area contributed by atoms with E-state index in [-0.39, 0.29) is 11.7 Å². The van der Waals surface area contributed by atoms with Crippen molar-refractivity contribution in [1.29, 1.82) is 0 Å². The molecule has 0 heterocycles. The summed E-state index contributed by atoms with van der Waals surface area (Å²) in [5.74, 6) is 2.00. The van der Waals surface area contributed by atoms with E-state index >= 15 is 0 Å². The van der Waals surface area contributed by atoms with Crippen LogP contribution in [-0.2, 0) is 6.54 Å². The fourth-order valence-corrected chi connectivity index (χ4v) is 4.18. The highest BCUT2D eigenvalue weighted by atomic mass is 16.5. The predicted molar refractivity (Wildman–Crippen MR) is 128 cm³/mol. The fourth-order valence-electron chi connectivity index (χ4n) is 4.18. The van der Waals surface area contributed by atoms with Gasteiger partial charge in [-0.05, 0) is 68.8 Å². The van der Waals surface area contributed by atoms with Gasteiger partial charge in [0.2, 0.25) is 0 Å². The van der Waals surface area contributed by atoms with Crippen LogP contribution in [0.25, 0.3) is 0 Å². The van der Waals surface area contributed by atoms with Crippen LogP contribution in [0.1, 0.15) is 66.6 Å². The summed E-state index contributed by atoms with van der Waals surface area (Å²) in [5.41, 5.74) is 4.30. The summed E-state index contributed by atoms with van der Waals surface area (Å²) in [7, 11) is 3.22. The molecular weight excluding hydrogens is 386 g/mol. The Kier molecular flexibility index (Phi) is 10.1. The summed E-state index contributed by atoms with van der Waals surface area (Å²) in [5, 5.41) is 3.55. The van der Waals surface area contributed by atoms with Crippen LogP contribution in [-0.4, -0.2) is 26.5 Å². The van der Waals surface area contributed by atoms with Gasteiger partial charge in [0.15, 0.2) is 17.3 Å². The highest BCUT2D eigenvalue weighted by Gasteiger charge is 2.22. The van der Waals surface area contributed by atoms with Crippen molar-refractivity contribution in [1.82, 2.24) is 5.32 Å². The Morgan fingerprint density at radius 1 is 1.06 bits per heavy atom. The molecule has 2 aromatic carbocycles. The lowest BCUT2D eigenvalue weighted by Gasteiger charge is -2.20. The quantitative estimate of drug-likeness (QED) is 0.310. The van der Waals surface area contributed by atoms with Crippen LogP contribution < -0.4 is 14.8 Å². The van der Waals surface area contributed by atoms with Crippen molar-refractivity contribution in [3.05, 3.63) is 58.7 Å². The van der Waals surface area contributed by atoms with Gasteiger partial charge in [0.1, 0.15) is 0 Å². The van der Waals surface area contributed by atoms with Crippen LogP contribution in [0.5, 0.6) is 11.5 Å². The van der Waals surface area contributed by atoms with Crippen molar-refractivity contribution in [2.24, 2.45) is 11.8 Å². The molecule has 0 aliphatic heterocycles. The maximum absolute atomic E-state index is 13.1. The van der Waals surface area contributed by atoms with Crippen molar-refractivity contribution in [2.45, 2.75) is 59.9 Å². The van der Waals surface area contributed by atoms with Crippen LogP contribution in [0.15, 0.2) is 36.4 Å². The van der Waals surface area contributed by atoms with Gasteiger partial charge in [0.25, 0.3) is 0 Å². The van der Waals surface area contributed by atoms with E-state index in [0.717, 1.165) is 49.9 Å². The Morgan fingerprint density at radius 3 is 2.42 bits per heavy atom. The molecular formula is C27H39NO3. The first-order chi connectivity index (χ1) is 14.9. The van der Waals surface area contributed by atoms with Crippen LogP contribution >= 0.6 is 0 Å². The van der Waals surface area contributed by atoms with Crippen LogP contribution in [0.2, 0.25) is 0 Å². The number of aryl methyl sites for hydroxylation is 2. The number of carbonyl (C=O) groups excluding carboxylic acids is 1. The zero-order chi connectivity index (χ0) is 22.8. The lowest BCUT2D eigenvalue weighted by Crippen LogP contribution is -2.19. The minimum atomic E-state index is -0.0120. The minimum Gasteiger partial charge on any atom is -0.493 e. The number of benzene rings is 2. The molecule has 0 saturated carbocycles. The number of hydrogen-bond donors (Lipinski definition) is 1. The zero-order valence-electron chi connectivity index (χ0n) is 20.1. The highest BCUT2D eigenvalue weighted by molar-refractivity contribution is 5.99. The maximum Gasteiger partial charge on any atom is 0.166 e. The molecule has 0 aliphatic rings. The average molecular weight is 426 g/mol. The first-order valence-corrected chi connectivity index (χ1v) is 11.4. The molecule has 170 valence electrons. The molecule has 0 aliphatic carbocycles. The molecule has 1 N–H and O–H groups in total. The molecule has 2 aromatic rings. The first-order valence-electron chi connectivity index (χ1n) is 11.4. The predicted octanol–water partition coefficient (Wildman–Crippen LogP) is 6.13. The standard InChI is InChI=1S/C27H39NO3/c1-7-22(12-9-13-28-18-23-11-8-10-19(2)14-23)15-21(4)27(29)24-17-26(31-6)25(30-5)16-20(24)3/h8,10-11,14,16-17,21-22,28H,7,9,12-13,15,18H2,1-6H3. The van der Waals surface area contributed by atoms with Gasteiger partial charge in [-0.1, -0.05) is 50.1 Å². The van der Waals surface area contributed by atoms with Crippen LogP contribution in [0, 0.1) is 25.7 Å². The summed E-state index contributed by atoms with van der Waals surface area (Å²) in [6.45, 7) is 10.3. The van der Waals surface area contributed by atoms with Crippen molar-refractivity contribution >= 4 is 5.78 Å². The van der Waals surface area contributed by atoms with Crippen molar-refractivity contribution in [3.63, 3.8) is 0 Å². The smallest absolute Gasteiger partial charge is 0.166 e. The molecule has 4 heteroatoms. The number of ketones is 1. The van der Waals surface area contributed by atoms with Gasteiger partial charge >= 0.3 is 0 Å². The fraction of sp³-hybridized carbons (Fsp3) is 0.519.